The largest absolute Gasteiger partial charge is 0.491 e. The van der Waals surface area contributed by atoms with E-state index in [1.807, 2.05) is 0 Å². The highest BCUT2D eigenvalue weighted by atomic mass is 35.5. The molecular formula is C19H19ClF3N7O2. The number of nitrogens with one attached hydrogen (secondary N) is 3. The number of amides is 2. The molecule has 0 atom stereocenters. The highest BCUT2D eigenvalue weighted by Gasteiger charge is 2.38. The highest BCUT2D eigenvalue weighted by molar-refractivity contribution is 6.30. The SMILES string of the molecule is CCOc1cc(NC(=O)NCc2cc(C)c(-c3c(C(F)(F)F)n[nH]c3C)nn2)cnc1Cl. The molecular weight excluding hydrogens is 451 g/mol. The molecule has 3 N–H and O–H groups in total. The molecule has 9 nitrogen and oxygen atoms in total. The summed E-state index contributed by atoms with van der Waals surface area (Å²) >= 11 is 5.91. The van der Waals surface area contributed by atoms with Crippen LogP contribution in [0.5, 0.6) is 5.75 Å². The van der Waals surface area contributed by atoms with Crippen molar-refractivity contribution in [2.45, 2.75) is 33.5 Å². The zero-order chi connectivity index (χ0) is 23.5. The van der Waals surface area contributed by atoms with Crippen LogP contribution >= 0.6 is 11.6 Å². The van der Waals surface area contributed by atoms with Crippen molar-refractivity contribution in [3.63, 3.8) is 0 Å². The van der Waals surface area contributed by atoms with Gasteiger partial charge in [0, 0.05) is 11.8 Å². The van der Waals surface area contributed by atoms with Gasteiger partial charge in [0.1, 0.15) is 0 Å². The summed E-state index contributed by atoms with van der Waals surface area (Å²) < 4.78 is 45.0. The first kappa shape index (κ1) is 23.3. The van der Waals surface area contributed by atoms with Crippen LogP contribution in [0, 0.1) is 13.8 Å². The van der Waals surface area contributed by atoms with Gasteiger partial charge in [-0.25, -0.2) is 9.78 Å². The number of rotatable bonds is 6. The van der Waals surface area contributed by atoms with E-state index in [1.54, 1.807) is 19.9 Å². The second-order valence-electron chi connectivity index (χ2n) is 6.69. The van der Waals surface area contributed by atoms with Crippen molar-refractivity contribution in [2.75, 3.05) is 11.9 Å². The van der Waals surface area contributed by atoms with Gasteiger partial charge in [-0.2, -0.15) is 23.4 Å². The Hall–Kier alpha value is -3.41. The van der Waals surface area contributed by atoms with Crippen LogP contribution in [0.25, 0.3) is 11.3 Å². The number of aromatic nitrogens is 5. The Morgan fingerprint density at radius 1 is 1.25 bits per heavy atom. The molecule has 3 heterocycles. The summed E-state index contributed by atoms with van der Waals surface area (Å²) in [5.41, 5.74) is 0.259. The molecule has 2 amide bonds. The number of ether oxygens (including phenoxy) is 1. The van der Waals surface area contributed by atoms with E-state index in [1.165, 1.54) is 19.2 Å². The third kappa shape index (κ3) is 5.25. The molecule has 0 saturated heterocycles. The van der Waals surface area contributed by atoms with E-state index >= 15 is 0 Å². The number of aryl methyl sites for hydroxylation is 2. The van der Waals surface area contributed by atoms with E-state index in [0.717, 1.165) is 0 Å². The molecule has 0 spiro atoms. The fourth-order valence-corrected chi connectivity index (χ4v) is 3.05. The number of halogens is 4. The summed E-state index contributed by atoms with van der Waals surface area (Å²) in [6, 6.07) is 2.53. The summed E-state index contributed by atoms with van der Waals surface area (Å²) in [4.78, 5) is 16.1. The van der Waals surface area contributed by atoms with Gasteiger partial charge in [-0.3, -0.25) is 5.10 Å². The average molecular weight is 470 g/mol. The minimum Gasteiger partial charge on any atom is -0.491 e. The summed E-state index contributed by atoms with van der Waals surface area (Å²) in [5, 5.41) is 18.9. The predicted octanol–water partition coefficient (Wildman–Crippen LogP) is 4.27. The third-order valence-corrected chi connectivity index (χ3v) is 4.57. The number of hydrogen-bond donors (Lipinski definition) is 3. The summed E-state index contributed by atoms with van der Waals surface area (Å²) in [7, 11) is 0. The quantitative estimate of drug-likeness (QED) is 0.464. The number of carbonyl (C=O) groups excluding carboxylic acids is 1. The second kappa shape index (κ2) is 9.39. The van der Waals surface area contributed by atoms with E-state index < -0.39 is 17.9 Å². The molecule has 0 radical (unpaired) electrons. The van der Waals surface area contributed by atoms with E-state index in [4.69, 9.17) is 16.3 Å². The molecule has 13 heteroatoms. The molecule has 0 fully saturated rings. The zero-order valence-corrected chi connectivity index (χ0v) is 18.0. The Kier molecular flexibility index (Phi) is 6.82. The van der Waals surface area contributed by atoms with Gasteiger partial charge in [-0.1, -0.05) is 11.6 Å². The standard InChI is InChI=1S/C19H19ClF3N7O2/c1-4-32-13-6-11(7-24-17(13)20)26-18(31)25-8-12-5-9(2)15(29-28-12)14-10(3)27-30-16(14)19(21,22)23/h5-7H,4,8H2,1-3H3,(H,27,30)(H2,25,26,31). The molecule has 3 aromatic heterocycles. The number of carbonyl (C=O) groups is 1. The molecule has 0 unspecified atom stereocenters. The lowest BCUT2D eigenvalue weighted by molar-refractivity contribution is -0.140. The van der Waals surface area contributed by atoms with Crippen molar-refractivity contribution in [1.29, 1.82) is 0 Å². The van der Waals surface area contributed by atoms with E-state index in [-0.39, 0.29) is 28.6 Å². The summed E-state index contributed by atoms with van der Waals surface area (Å²) in [6.45, 7) is 5.24. The van der Waals surface area contributed by atoms with Crippen molar-refractivity contribution < 1.29 is 22.7 Å². The van der Waals surface area contributed by atoms with E-state index in [0.29, 0.717) is 29.3 Å². The maximum absolute atomic E-state index is 13.2. The molecule has 0 bridgehead atoms. The summed E-state index contributed by atoms with van der Waals surface area (Å²) in [6.07, 6.45) is -3.26. The molecule has 0 aliphatic rings. The Morgan fingerprint density at radius 2 is 2.00 bits per heavy atom. The van der Waals surface area contributed by atoms with Crippen LogP contribution in [0.15, 0.2) is 18.3 Å². The number of alkyl halides is 3. The molecule has 3 rings (SSSR count). The van der Waals surface area contributed by atoms with Gasteiger partial charge >= 0.3 is 12.2 Å². The molecule has 0 aromatic carbocycles. The van der Waals surface area contributed by atoms with Gasteiger partial charge in [0.05, 0.1) is 42.0 Å². The lowest BCUT2D eigenvalue weighted by atomic mass is 10.0. The number of urea groups is 1. The molecule has 3 aromatic rings. The third-order valence-electron chi connectivity index (χ3n) is 4.28. The van der Waals surface area contributed by atoms with Crippen molar-refractivity contribution in [2.24, 2.45) is 0 Å². The van der Waals surface area contributed by atoms with E-state index in [2.05, 4.69) is 36.0 Å². The van der Waals surface area contributed by atoms with Gasteiger partial charge < -0.3 is 15.4 Å². The van der Waals surface area contributed by atoms with Crippen LogP contribution in [0.4, 0.5) is 23.7 Å². The highest BCUT2D eigenvalue weighted by Crippen LogP contribution is 2.37. The van der Waals surface area contributed by atoms with Gasteiger partial charge in [0.25, 0.3) is 0 Å². The number of aromatic amines is 1. The molecule has 0 aliphatic carbocycles. The molecule has 0 saturated carbocycles. The smallest absolute Gasteiger partial charge is 0.435 e. The van der Waals surface area contributed by atoms with Crippen LogP contribution in [-0.4, -0.2) is 38.0 Å². The topological polar surface area (TPSA) is 118 Å². The Bertz CT molecular complexity index is 1130. The lowest BCUT2D eigenvalue weighted by Gasteiger charge is -2.11. The molecule has 0 aliphatic heterocycles. The number of hydrogen-bond acceptors (Lipinski definition) is 6. The Morgan fingerprint density at radius 3 is 2.66 bits per heavy atom. The maximum Gasteiger partial charge on any atom is 0.435 e. The van der Waals surface area contributed by atoms with Crippen LogP contribution in [0.1, 0.15) is 29.6 Å². The number of H-pyrrole nitrogens is 1. The van der Waals surface area contributed by atoms with Crippen LogP contribution in [0.3, 0.4) is 0 Å². The Balaban J connectivity index is 1.69. The maximum atomic E-state index is 13.2. The van der Waals surface area contributed by atoms with Crippen LogP contribution in [0.2, 0.25) is 5.15 Å². The molecule has 32 heavy (non-hydrogen) atoms. The summed E-state index contributed by atoms with van der Waals surface area (Å²) in [5.74, 6) is 0.330. The van der Waals surface area contributed by atoms with Crippen molar-refractivity contribution in [3.8, 4) is 17.0 Å². The second-order valence-corrected chi connectivity index (χ2v) is 7.05. The van der Waals surface area contributed by atoms with Crippen LogP contribution in [-0.2, 0) is 12.7 Å². The first-order valence-corrected chi connectivity index (χ1v) is 9.76. The number of nitrogens with zero attached hydrogens (tertiary/aromatic N) is 4. The Labute approximate surface area is 185 Å². The van der Waals surface area contributed by atoms with Gasteiger partial charge in [0.15, 0.2) is 16.6 Å². The molecule has 170 valence electrons. The fourth-order valence-electron chi connectivity index (χ4n) is 2.90. The monoisotopic (exact) mass is 469 g/mol. The number of pyridine rings is 1. The minimum atomic E-state index is -4.63. The van der Waals surface area contributed by atoms with Crippen LogP contribution < -0.4 is 15.4 Å². The van der Waals surface area contributed by atoms with Gasteiger partial charge in [0.2, 0.25) is 0 Å². The number of anilines is 1. The van der Waals surface area contributed by atoms with Crippen molar-refractivity contribution in [3.05, 3.63) is 46.1 Å². The van der Waals surface area contributed by atoms with Crippen molar-refractivity contribution in [1.82, 2.24) is 30.7 Å². The average Bonchev–Trinajstić information content (AvgIpc) is 3.11. The van der Waals surface area contributed by atoms with Gasteiger partial charge in [-0.05, 0) is 32.4 Å². The first-order chi connectivity index (χ1) is 15.1. The minimum absolute atomic E-state index is 0.00418. The zero-order valence-electron chi connectivity index (χ0n) is 17.3. The van der Waals surface area contributed by atoms with E-state index in [9.17, 15) is 18.0 Å². The lowest BCUT2D eigenvalue weighted by Crippen LogP contribution is -2.28. The normalized spacial score (nSPS) is 11.3. The van der Waals surface area contributed by atoms with Crippen molar-refractivity contribution >= 4 is 23.3 Å². The fraction of sp³-hybridized carbons (Fsp3) is 0.316. The predicted molar refractivity (Wildman–Crippen MR) is 110 cm³/mol. The van der Waals surface area contributed by atoms with Gasteiger partial charge in [-0.15, -0.1) is 5.10 Å². The first-order valence-electron chi connectivity index (χ1n) is 9.39.